The predicted molar refractivity (Wildman–Crippen MR) is 79.4 cm³/mol. The molecule has 0 radical (unpaired) electrons. The third-order valence-electron chi connectivity index (χ3n) is 3.66. The van der Waals surface area contributed by atoms with Gasteiger partial charge in [0.2, 0.25) is 0 Å². The van der Waals surface area contributed by atoms with Crippen LogP contribution in [0.4, 0.5) is 0 Å². The van der Waals surface area contributed by atoms with Gasteiger partial charge >= 0.3 is 0 Å². The molecule has 2 atom stereocenters. The number of nitrogens with zero attached hydrogens (tertiary/aromatic N) is 1. The van der Waals surface area contributed by atoms with Crippen LogP contribution >= 0.6 is 11.8 Å². The summed E-state index contributed by atoms with van der Waals surface area (Å²) >= 11 is 1.74. The predicted octanol–water partition coefficient (Wildman–Crippen LogP) is 1.59. The highest BCUT2D eigenvalue weighted by atomic mass is 32.2. The summed E-state index contributed by atoms with van der Waals surface area (Å²) < 4.78 is 15.8. The maximum Gasteiger partial charge on any atom is 0.292 e. The van der Waals surface area contributed by atoms with Crippen LogP contribution in [-0.4, -0.2) is 54.7 Å². The van der Waals surface area contributed by atoms with E-state index in [2.05, 4.69) is 0 Å². The standard InChI is InChI=1S/C14H16N2O4S/c1-18-10-4-3-8(5-11(10)19-2)13(17)16-9-6-21-7-12(9)20-14(16)15/h3-5,9,12,15H,6-7H2,1-2H3/t9-,12+/m0/s1. The van der Waals surface area contributed by atoms with Gasteiger partial charge in [0, 0.05) is 17.1 Å². The second-order valence-electron chi connectivity index (χ2n) is 4.81. The van der Waals surface area contributed by atoms with E-state index in [-0.39, 0.29) is 24.1 Å². The molecule has 0 unspecified atom stereocenters. The summed E-state index contributed by atoms with van der Waals surface area (Å²) in [6, 6.07) is 4.87. The highest BCUT2D eigenvalue weighted by Gasteiger charge is 2.46. The molecule has 1 N–H and O–H groups in total. The van der Waals surface area contributed by atoms with Crippen LogP contribution in [0.3, 0.4) is 0 Å². The summed E-state index contributed by atoms with van der Waals surface area (Å²) in [5, 5.41) is 7.88. The van der Waals surface area contributed by atoms with Crippen molar-refractivity contribution >= 4 is 23.7 Å². The average Bonchev–Trinajstić information content (AvgIpc) is 3.05. The van der Waals surface area contributed by atoms with Gasteiger partial charge in [-0.15, -0.1) is 0 Å². The lowest BCUT2D eigenvalue weighted by atomic mass is 10.1. The third-order valence-corrected chi connectivity index (χ3v) is 4.80. The van der Waals surface area contributed by atoms with Gasteiger partial charge in [-0.2, -0.15) is 11.8 Å². The Balaban J connectivity index is 1.89. The number of amidine groups is 1. The van der Waals surface area contributed by atoms with Crippen molar-refractivity contribution in [1.82, 2.24) is 4.90 Å². The number of benzene rings is 1. The van der Waals surface area contributed by atoms with Crippen LogP contribution in [0.25, 0.3) is 0 Å². The fraction of sp³-hybridized carbons (Fsp3) is 0.429. The van der Waals surface area contributed by atoms with Crippen LogP contribution in [0.2, 0.25) is 0 Å². The highest BCUT2D eigenvalue weighted by Crippen LogP contribution is 2.34. The van der Waals surface area contributed by atoms with E-state index >= 15 is 0 Å². The molecule has 1 aromatic carbocycles. The maximum atomic E-state index is 12.7. The molecule has 2 fully saturated rings. The van der Waals surface area contributed by atoms with Gasteiger partial charge in [-0.3, -0.25) is 15.1 Å². The molecule has 0 bridgehead atoms. The Bertz CT molecular complexity index is 592. The lowest BCUT2D eigenvalue weighted by Crippen LogP contribution is -2.41. The Morgan fingerprint density at radius 1 is 1.33 bits per heavy atom. The van der Waals surface area contributed by atoms with Crippen molar-refractivity contribution in [3.63, 3.8) is 0 Å². The summed E-state index contributed by atoms with van der Waals surface area (Å²) in [6.45, 7) is 0. The van der Waals surface area contributed by atoms with Crippen molar-refractivity contribution in [2.24, 2.45) is 0 Å². The first kappa shape index (κ1) is 14.1. The topological polar surface area (TPSA) is 71.9 Å². The molecule has 2 aliphatic heterocycles. The largest absolute Gasteiger partial charge is 0.493 e. The second kappa shape index (κ2) is 5.48. The summed E-state index contributed by atoms with van der Waals surface area (Å²) in [5.41, 5.74) is 0.457. The molecule has 2 heterocycles. The first-order valence-corrected chi connectivity index (χ1v) is 7.69. The molecule has 21 heavy (non-hydrogen) atoms. The molecular formula is C14H16N2O4S. The molecule has 0 saturated carbocycles. The average molecular weight is 308 g/mol. The number of thioether (sulfide) groups is 1. The number of rotatable bonds is 3. The van der Waals surface area contributed by atoms with Gasteiger partial charge in [0.05, 0.1) is 20.3 Å². The molecule has 0 aliphatic carbocycles. The minimum Gasteiger partial charge on any atom is -0.493 e. The van der Waals surface area contributed by atoms with Crippen LogP contribution in [0, 0.1) is 5.41 Å². The summed E-state index contributed by atoms with van der Waals surface area (Å²) in [6.07, 6.45) is -0.0633. The first-order chi connectivity index (χ1) is 10.2. The Labute approximate surface area is 126 Å². The molecule has 3 rings (SSSR count). The van der Waals surface area contributed by atoms with E-state index in [1.807, 2.05) is 0 Å². The van der Waals surface area contributed by atoms with Gasteiger partial charge in [0.15, 0.2) is 11.5 Å². The fourth-order valence-corrected chi connectivity index (χ4v) is 3.84. The zero-order chi connectivity index (χ0) is 15.0. The molecule has 1 amide bonds. The molecular weight excluding hydrogens is 292 g/mol. The zero-order valence-corrected chi connectivity index (χ0v) is 12.6. The quantitative estimate of drug-likeness (QED) is 0.918. The van der Waals surface area contributed by atoms with Crippen LogP contribution < -0.4 is 9.47 Å². The second-order valence-corrected chi connectivity index (χ2v) is 5.89. The number of fused-ring (bicyclic) bond motifs is 1. The van der Waals surface area contributed by atoms with Crippen molar-refractivity contribution < 1.29 is 19.0 Å². The third kappa shape index (κ3) is 2.31. The van der Waals surface area contributed by atoms with Gasteiger partial charge in [0.1, 0.15) is 6.10 Å². The van der Waals surface area contributed by atoms with Crippen molar-refractivity contribution in [3.05, 3.63) is 23.8 Å². The Morgan fingerprint density at radius 3 is 2.81 bits per heavy atom. The van der Waals surface area contributed by atoms with Crippen molar-refractivity contribution in [2.75, 3.05) is 25.7 Å². The molecule has 0 spiro atoms. The minimum atomic E-state index is -0.240. The number of hydrogen-bond acceptors (Lipinski definition) is 6. The number of amides is 1. The van der Waals surface area contributed by atoms with Crippen LogP contribution in [-0.2, 0) is 4.74 Å². The Hall–Kier alpha value is -1.89. The molecule has 0 aromatic heterocycles. The summed E-state index contributed by atoms with van der Waals surface area (Å²) in [7, 11) is 3.07. The van der Waals surface area contributed by atoms with Crippen LogP contribution in [0.1, 0.15) is 10.4 Å². The molecule has 6 nitrogen and oxygen atoms in total. The van der Waals surface area contributed by atoms with Gasteiger partial charge < -0.3 is 14.2 Å². The number of hydrogen-bond donors (Lipinski definition) is 1. The Morgan fingerprint density at radius 2 is 2.10 bits per heavy atom. The van der Waals surface area contributed by atoms with Crippen LogP contribution in [0.5, 0.6) is 11.5 Å². The van der Waals surface area contributed by atoms with Crippen molar-refractivity contribution in [2.45, 2.75) is 12.1 Å². The van der Waals surface area contributed by atoms with Gasteiger partial charge in [-0.1, -0.05) is 0 Å². The minimum absolute atomic E-state index is 0.0527. The van der Waals surface area contributed by atoms with E-state index < -0.39 is 0 Å². The van der Waals surface area contributed by atoms with Crippen LogP contribution in [0.15, 0.2) is 18.2 Å². The fourth-order valence-electron chi connectivity index (χ4n) is 2.58. The van der Waals surface area contributed by atoms with E-state index in [0.29, 0.717) is 17.1 Å². The molecule has 7 heteroatoms. The van der Waals surface area contributed by atoms with E-state index in [1.54, 1.807) is 37.1 Å². The van der Waals surface area contributed by atoms with Gasteiger partial charge in [-0.25, -0.2) is 0 Å². The SMILES string of the molecule is COc1ccc(C(=O)N2C(=N)O[C@@H]3CSC[C@@H]32)cc1OC. The number of nitrogens with one attached hydrogen (secondary N) is 1. The number of methoxy groups -OCH3 is 2. The molecule has 2 aliphatic rings. The lowest BCUT2D eigenvalue weighted by Gasteiger charge is -2.19. The number of ether oxygens (including phenoxy) is 3. The van der Waals surface area contributed by atoms with Crippen molar-refractivity contribution in [1.29, 1.82) is 5.41 Å². The van der Waals surface area contributed by atoms with E-state index in [4.69, 9.17) is 19.6 Å². The monoisotopic (exact) mass is 308 g/mol. The number of carbonyl (C=O) groups excluding carboxylic acids is 1. The van der Waals surface area contributed by atoms with Gasteiger partial charge in [-0.05, 0) is 18.2 Å². The van der Waals surface area contributed by atoms with E-state index in [1.165, 1.54) is 12.0 Å². The molecule has 1 aromatic rings. The smallest absolute Gasteiger partial charge is 0.292 e. The van der Waals surface area contributed by atoms with Crippen molar-refractivity contribution in [3.8, 4) is 11.5 Å². The normalized spacial score (nSPS) is 23.7. The molecule has 112 valence electrons. The highest BCUT2D eigenvalue weighted by molar-refractivity contribution is 7.99. The lowest BCUT2D eigenvalue weighted by molar-refractivity contribution is 0.0823. The van der Waals surface area contributed by atoms with E-state index in [9.17, 15) is 4.79 Å². The zero-order valence-electron chi connectivity index (χ0n) is 11.8. The molecule has 2 saturated heterocycles. The first-order valence-electron chi connectivity index (χ1n) is 6.54. The Kier molecular flexibility index (Phi) is 3.67. The van der Waals surface area contributed by atoms with Gasteiger partial charge in [0.25, 0.3) is 11.9 Å². The summed E-state index contributed by atoms with van der Waals surface area (Å²) in [4.78, 5) is 14.1. The van der Waals surface area contributed by atoms with E-state index in [0.717, 1.165) is 11.5 Å². The maximum absolute atomic E-state index is 12.7. The number of carbonyl (C=O) groups is 1. The summed E-state index contributed by atoms with van der Waals surface area (Å²) in [5.74, 6) is 2.44.